The molecular weight excluding hydrogens is 546 g/mol. The Morgan fingerprint density at radius 1 is 0.944 bits per heavy atom. The predicted octanol–water partition coefficient (Wildman–Crippen LogP) is 6.32. The van der Waals surface area contributed by atoms with Crippen LogP contribution in [0.5, 0.6) is 0 Å². The summed E-state index contributed by atoms with van der Waals surface area (Å²) in [6, 6.07) is 13.7. The van der Waals surface area contributed by atoms with Crippen molar-refractivity contribution in [3.63, 3.8) is 0 Å². The Hall–Kier alpha value is -2.77. The van der Waals surface area contributed by atoms with E-state index in [-0.39, 0.29) is 43.5 Å². The van der Waals surface area contributed by atoms with Gasteiger partial charge in [-0.05, 0) is 54.3 Å². The van der Waals surface area contributed by atoms with Crippen LogP contribution in [0.15, 0.2) is 54.6 Å². The van der Waals surface area contributed by atoms with Gasteiger partial charge in [0.25, 0.3) is 11.8 Å². The monoisotopic (exact) mass is 564 g/mol. The lowest BCUT2D eigenvalue weighted by molar-refractivity contribution is -0.139. The lowest BCUT2D eigenvalue weighted by Gasteiger charge is -2.30. The highest BCUT2D eigenvalue weighted by Crippen LogP contribution is 2.33. The number of aliphatic carboxylic acids is 1. The third-order valence-corrected chi connectivity index (χ3v) is 7.37. The minimum Gasteiger partial charge on any atom is -0.480 e. The number of amides is 2. The van der Waals surface area contributed by atoms with Crippen LogP contribution in [-0.4, -0.2) is 35.5 Å². The number of halogens is 4. The van der Waals surface area contributed by atoms with E-state index < -0.39 is 17.9 Å². The molecule has 0 bridgehead atoms. The fourth-order valence-electron chi connectivity index (χ4n) is 4.18. The van der Waals surface area contributed by atoms with Crippen LogP contribution < -0.4 is 10.2 Å². The van der Waals surface area contributed by atoms with E-state index in [1.165, 1.54) is 12.1 Å². The van der Waals surface area contributed by atoms with Crippen molar-refractivity contribution in [2.24, 2.45) is 0 Å². The Morgan fingerprint density at radius 2 is 1.61 bits per heavy atom. The van der Waals surface area contributed by atoms with Gasteiger partial charge in [0, 0.05) is 18.7 Å². The molecule has 0 fully saturated rings. The van der Waals surface area contributed by atoms with Gasteiger partial charge in [0.2, 0.25) is 0 Å². The zero-order valence-corrected chi connectivity index (χ0v) is 21.8. The van der Waals surface area contributed by atoms with Crippen molar-refractivity contribution in [2.45, 2.75) is 25.3 Å². The van der Waals surface area contributed by atoms with Crippen molar-refractivity contribution in [2.75, 3.05) is 11.4 Å². The average molecular weight is 566 g/mol. The summed E-state index contributed by atoms with van der Waals surface area (Å²) < 4.78 is 0. The second kappa shape index (κ2) is 11.1. The molecule has 186 valence electrons. The molecule has 0 spiro atoms. The smallest absolute Gasteiger partial charge is 0.326 e. The Kier molecular flexibility index (Phi) is 8.10. The molecule has 0 radical (unpaired) electrons. The molecule has 1 aliphatic heterocycles. The van der Waals surface area contributed by atoms with E-state index in [4.69, 9.17) is 46.4 Å². The summed E-state index contributed by atoms with van der Waals surface area (Å²) in [6.45, 7) is 0.501. The van der Waals surface area contributed by atoms with E-state index in [2.05, 4.69) is 5.32 Å². The van der Waals surface area contributed by atoms with Crippen molar-refractivity contribution in [1.29, 1.82) is 0 Å². The van der Waals surface area contributed by atoms with E-state index in [1.54, 1.807) is 41.3 Å². The number of aryl methyl sites for hydroxylation is 1. The highest BCUT2D eigenvalue weighted by Gasteiger charge is 2.28. The highest BCUT2D eigenvalue weighted by molar-refractivity contribution is 6.44. The van der Waals surface area contributed by atoms with Gasteiger partial charge < -0.3 is 15.3 Å². The Labute approximate surface area is 227 Å². The molecule has 0 aliphatic carbocycles. The molecule has 3 aromatic rings. The minimum absolute atomic E-state index is 0.0385. The number of carboxylic acid groups (broad SMARTS) is 1. The molecular formula is C26H20Cl4N2O4. The lowest BCUT2D eigenvalue weighted by atomic mass is 9.95. The summed E-state index contributed by atoms with van der Waals surface area (Å²) in [6.07, 6.45) is 1.47. The minimum atomic E-state index is -1.20. The number of hydrogen-bond acceptors (Lipinski definition) is 3. The van der Waals surface area contributed by atoms with Crippen LogP contribution in [0, 0.1) is 0 Å². The molecule has 0 aromatic heterocycles. The molecule has 2 amide bonds. The van der Waals surface area contributed by atoms with Gasteiger partial charge in [-0.3, -0.25) is 9.59 Å². The van der Waals surface area contributed by atoms with E-state index in [0.717, 1.165) is 12.0 Å². The highest BCUT2D eigenvalue weighted by atomic mass is 35.5. The number of carboxylic acids is 1. The Balaban J connectivity index is 1.56. The number of anilines is 1. The quantitative estimate of drug-likeness (QED) is 0.366. The summed E-state index contributed by atoms with van der Waals surface area (Å²) >= 11 is 24.6. The van der Waals surface area contributed by atoms with Crippen molar-refractivity contribution in [3.05, 3.63) is 96.9 Å². The first-order chi connectivity index (χ1) is 17.2. The van der Waals surface area contributed by atoms with Crippen LogP contribution in [0.2, 0.25) is 20.1 Å². The molecule has 6 nitrogen and oxygen atoms in total. The largest absolute Gasteiger partial charge is 0.480 e. The van der Waals surface area contributed by atoms with E-state index in [0.29, 0.717) is 24.2 Å². The zero-order valence-electron chi connectivity index (χ0n) is 18.7. The number of carbonyl (C=O) groups is 3. The number of benzene rings is 3. The second-order valence-electron chi connectivity index (χ2n) is 8.29. The number of nitrogens with one attached hydrogen (secondary N) is 1. The molecule has 1 atom stereocenters. The van der Waals surface area contributed by atoms with Crippen molar-refractivity contribution in [3.8, 4) is 0 Å². The Morgan fingerprint density at radius 3 is 2.31 bits per heavy atom. The van der Waals surface area contributed by atoms with Gasteiger partial charge in [0.05, 0.1) is 31.2 Å². The zero-order chi connectivity index (χ0) is 26.0. The molecule has 0 saturated carbocycles. The van der Waals surface area contributed by atoms with Crippen LogP contribution in [-0.2, 0) is 17.6 Å². The molecule has 1 heterocycles. The van der Waals surface area contributed by atoms with E-state index in [1.807, 2.05) is 6.07 Å². The third kappa shape index (κ3) is 5.47. The predicted molar refractivity (Wildman–Crippen MR) is 142 cm³/mol. The van der Waals surface area contributed by atoms with Crippen LogP contribution in [0.25, 0.3) is 0 Å². The topological polar surface area (TPSA) is 86.7 Å². The van der Waals surface area contributed by atoms with Crippen LogP contribution >= 0.6 is 46.4 Å². The van der Waals surface area contributed by atoms with Gasteiger partial charge in [-0.25, -0.2) is 4.79 Å². The molecule has 4 rings (SSSR count). The maximum atomic E-state index is 13.3. The first-order valence-electron chi connectivity index (χ1n) is 11.0. The van der Waals surface area contributed by atoms with Crippen molar-refractivity contribution >= 4 is 69.9 Å². The number of nitrogens with zero attached hydrogens (tertiary/aromatic N) is 1. The normalized spacial score (nSPS) is 13.6. The molecule has 36 heavy (non-hydrogen) atoms. The molecule has 1 unspecified atom stereocenters. The first kappa shape index (κ1) is 26.3. The fraction of sp³-hybridized carbons (Fsp3) is 0.192. The van der Waals surface area contributed by atoms with Gasteiger partial charge in [-0.2, -0.15) is 0 Å². The first-order valence-corrected chi connectivity index (χ1v) is 12.5. The molecule has 10 heteroatoms. The summed E-state index contributed by atoms with van der Waals surface area (Å²) in [5.41, 5.74) is 2.64. The lowest BCUT2D eigenvalue weighted by Crippen LogP contribution is -2.42. The van der Waals surface area contributed by atoms with Crippen LogP contribution in [0.4, 0.5) is 5.69 Å². The maximum absolute atomic E-state index is 13.3. The van der Waals surface area contributed by atoms with Crippen molar-refractivity contribution < 1.29 is 19.5 Å². The second-order valence-corrected chi connectivity index (χ2v) is 9.89. The summed E-state index contributed by atoms with van der Waals surface area (Å²) in [5, 5.41) is 13.0. The fourth-order valence-corrected chi connectivity index (χ4v) is 5.12. The number of rotatable bonds is 6. The molecule has 3 aromatic carbocycles. The number of fused-ring (bicyclic) bond motifs is 1. The van der Waals surface area contributed by atoms with E-state index in [9.17, 15) is 19.5 Å². The summed E-state index contributed by atoms with van der Waals surface area (Å²) in [5.74, 6) is -2.13. The average Bonchev–Trinajstić information content (AvgIpc) is 2.84. The number of hydrogen-bond donors (Lipinski definition) is 2. The van der Waals surface area contributed by atoms with Gasteiger partial charge in [-0.15, -0.1) is 0 Å². The Bertz CT molecular complexity index is 1340. The van der Waals surface area contributed by atoms with Gasteiger partial charge in [0.1, 0.15) is 6.04 Å². The van der Waals surface area contributed by atoms with Crippen LogP contribution in [0.1, 0.15) is 38.3 Å². The summed E-state index contributed by atoms with van der Waals surface area (Å²) in [4.78, 5) is 39.5. The van der Waals surface area contributed by atoms with Crippen molar-refractivity contribution in [1.82, 2.24) is 5.32 Å². The SMILES string of the molecule is O=C(NC(Cc1ccc2c(c1)CCCN2C(=O)c1c(Cl)cccc1Cl)C(=O)O)c1cccc(Cl)c1Cl. The maximum Gasteiger partial charge on any atom is 0.326 e. The standard InChI is InChI=1S/C26H20Cl4N2O4/c27-17-6-2-7-18(28)22(17)25(34)32-11-3-4-15-12-14(9-10-21(15)32)13-20(26(35)36)31-24(33)16-5-1-8-19(29)23(16)30/h1-2,5-10,12,20H,3-4,11,13H2,(H,31,33)(H,35,36). The number of carbonyl (C=O) groups excluding carboxylic acids is 2. The van der Waals surface area contributed by atoms with Gasteiger partial charge >= 0.3 is 5.97 Å². The molecule has 2 N–H and O–H groups in total. The van der Waals surface area contributed by atoms with Gasteiger partial charge in [-0.1, -0.05) is 70.7 Å². The molecule has 1 aliphatic rings. The van der Waals surface area contributed by atoms with Gasteiger partial charge in [0.15, 0.2) is 0 Å². The molecule has 0 saturated heterocycles. The van der Waals surface area contributed by atoms with Crippen LogP contribution in [0.3, 0.4) is 0 Å². The van der Waals surface area contributed by atoms with E-state index >= 15 is 0 Å². The third-order valence-electron chi connectivity index (χ3n) is 5.92. The summed E-state index contributed by atoms with van der Waals surface area (Å²) in [7, 11) is 0.